The molecule has 1 aliphatic rings. The number of hydrogen-bond acceptors (Lipinski definition) is 5. The summed E-state index contributed by atoms with van der Waals surface area (Å²) in [5.41, 5.74) is 0.924. The first-order valence-electron chi connectivity index (χ1n) is 9.18. The highest BCUT2D eigenvalue weighted by molar-refractivity contribution is 5.83. The van der Waals surface area contributed by atoms with Crippen molar-refractivity contribution < 1.29 is 13.9 Å². The Morgan fingerprint density at radius 3 is 2.69 bits per heavy atom. The van der Waals surface area contributed by atoms with Crippen molar-refractivity contribution in [1.29, 1.82) is 0 Å². The highest BCUT2D eigenvalue weighted by atomic mass is 16.5. The molecular weight excluding hydrogens is 330 g/mol. The summed E-state index contributed by atoms with van der Waals surface area (Å²) in [6, 6.07) is 7.28. The number of hydrogen-bond donors (Lipinski definition) is 0. The van der Waals surface area contributed by atoms with Crippen LogP contribution in [-0.2, 0) is 16.1 Å². The zero-order valence-corrected chi connectivity index (χ0v) is 15.5. The van der Waals surface area contributed by atoms with E-state index in [1.807, 2.05) is 29.2 Å². The van der Waals surface area contributed by atoms with Gasteiger partial charge in [0.05, 0.1) is 26.0 Å². The molecule has 6 nitrogen and oxygen atoms in total. The van der Waals surface area contributed by atoms with Crippen LogP contribution in [0.4, 0.5) is 0 Å². The molecule has 26 heavy (non-hydrogen) atoms. The van der Waals surface area contributed by atoms with Gasteiger partial charge < -0.3 is 14.1 Å². The lowest BCUT2D eigenvalue weighted by atomic mass is 10.0. The topological polar surface area (TPSA) is 58.8 Å². The van der Waals surface area contributed by atoms with Gasteiger partial charge in [-0.1, -0.05) is 19.9 Å². The molecule has 0 spiro atoms. The fourth-order valence-corrected chi connectivity index (χ4v) is 3.32. The number of aromatic nitrogens is 1. The molecule has 6 heteroatoms. The molecular formula is C20H27N3O3. The zero-order valence-electron chi connectivity index (χ0n) is 15.5. The van der Waals surface area contributed by atoms with E-state index in [9.17, 15) is 4.79 Å². The Morgan fingerprint density at radius 1 is 1.27 bits per heavy atom. The van der Waals surface area contributed by atoms with Crippen molar-refractivity contribution in [3.05, 3.63) is 54.2 Å². The van der Waals surface area contributed by atoms with Gasteiger partial charge in [-0.25, -0.2) is 0 Å². The number of ether oxygens (including phenoxy) is 1. The van der Waals surface area contributed by atoms with Gasteiger partial charge in [-0.2, -0.15) is 0 Å². The van der Waals surface area contributed by atoms with Crippen LogP contribution >= 0.6 is 0 Å². The quantitative estimate of drug-likeness (QED) is 0.763. The van der Waals surface area contributed by atoms with Crippen LogP contribution in [0, 0.1) is 5.92 Å². The molecule has 0 aliphatic carbocycles. The predicted octanol–water partition coefficient (Wildman–Crippen LogP) is 2.73. The monoisotopic (exact) mass is 357 g/mol. The second-order valence-electron chi connectivity index (χ2n) is 7.03. The van der Waals surface area contributed by atoms with Crippen LogP contribution in [0.25, 0.3) is 0 Å². The van der Waals surface area contributed by atoms with Gasteiger partial charge in [-0.3, -0.25) is 14.7 Å². The van der Waals surface area contributed by atoms with Crippen LogP contribution in [0.3, 0.4) is 0 Å². The van der Waals surface area contributed by atoms with Crippen molar-refractivity contribution in [2.45, 2.75) is 26.4 Å². The average molecular weight is 357 g/mol. The van der Waals surface area contributed by atoms with Crippen molar-refractivity contribution >= 4 is 5.91 Å². The summed E-state index contributed by atoms with van der Waals surface area (Å²) >= 11 is 0. The van der Waals surface area contributed by atoms with Crippen molar-refractivity contribution in [3.63, 3.8) is 0 Å². The lowest BCUT2D eigenvalue weighted by molar-refractivity contribution is -0.140. The summed E-state index contributed by atoms with van der Waals surface area (Å²) in [6.07, 6.45) is 5.17. The van der Waals surface area contributed by atoms with E-state index in [1.54, 1.807) is 18.7 Å². The van der Waals surface area contributed by atoms with Crippen LogP contribution in [0.15, 0.2) is 47.3 Å². The molecule has 2 aromatic heterocycles. The Hall–Kier alpha value is -2.18. The molecule has 0 aromatic carbocycles. The summed E-state index contributed by atoms with van der Waals surface area (Å²) < 4.78 is 11.0. The van der Waals surface area contributed by atoms with Gasteiger partial charge in [-0.05, 0) is 29.7 Å². The van der Waals surface area contributed by atoms with E-state index in [1.165, 1.54) is 0 Å². The molecule has 2 aromatic rings. The second-order valence-corrected chi connectivity index (χ2v) is 7.03. The van der Waals surface area contributed by atoms with Gasteiger partial charge in [0.1, 0.15) is 11.8 Å². The fourth-order valence-electron chi connectivity index (χ4n) is 3.32. The van der Waals surface area contributed by atoms with Crippen molar-refractivity contribution in [2.75, 3.05) is 32.8 Å². The van der Waals surface area contributed by atoms with E-state index in [0.717, 1.165) is 24.4 Å². The molecule has 0 bridgehead atoms. The third-order valence-electron chi connectivity index (χ3n) is 4.47. The SMILES string of the molecule is CC(C)CN(Cc1ccco1)C(=O)[C@H](c1cccnc1)N1CCOCC1. The first-order valence-corrected chi connectivity index (χ1v) is 9.18. The minimum Gasteiger partial charge on any atom is -0.467 e. The van der Waals surface area contributed by atoms with Crippen molar-refractivity contribution in [1.82, 2.24) is 14.8 Å². The Labute approximate surface area is 154 Å². The maximum absolute atomic E-state index is 13.6. The van der Waals surface area contributed by atoms with Crippen LogP contribution in [0.5, 0.6) is 0 Å². The molecule has 0 N–H and O–H groups in total. The molecule has 3 rings (SSSR count). The number of amides is 1. The maximum atomic E-state index is 13.6. The van der Waals surface area contributed by atoms with Gasteiger partial charge in [0, 0.05) is 32.0 Å². The van der Waals surface area contributed by atoms with Gasteiger partial charge in [-0.15, -0.1) is 0 Å². The summed E-state index contributed by atoms with van der Waals surface area (Å²) in [4.78, 5) is 21.9. The average Bonchev–Trinajstić information content (AvgIpc) is 3.16. The van der Waals surface area contributed by atoms with Gasteiger partial charge in [0.15, 0.2) is 0 Å². The molecule has 1 saturated heterocycles. The molecule has 1 atom stereocenters. The Kier molecular flexibility index (Phi) is 6.41. The largest absolute Gasteiger partial charge is 0.467 e. The fraction of sp³-hybridized carbons (Fsp3) is 0.500. The first kappa shape index (κ1) is 18.6. The first-order chi connectivity index (χ1) is 12.6. The van der Waals surface area contributed by atoms with Crippen molar-refractivity contribution in [3.8, 4) is 0 Å². The maximum Gasteiger partial charge on any atom is 0.245 e. The summed E-state index contributed by atoms with van der Waals surface area (Å²) in [5.74, 6) is 1.25. The number of carbonyl (C=O) groups is 1. The third-order valence-corrected chi connectivity index (χ3v) is 4.47. The molecule has 1 amide bonds. The summed E-state index contributed by atoms with van der Waals surface area (Å²) in [6.45, 7) is 8.17. The van der Waals surface area contributed by atoms with Gasteiger partial charge >= 0.3 is 0 Å². The predicted molar refractivity (Wildman–Crippen MR) is 98.3 cm³/mol. The van der Waals surface area contributed by atoms with Crippen molar-refractivity contribution in [2.24, 2.45) is 5.92 Å². The molecule has 1 aliphatic heterocycles. The Morgan fingerprint density at radius 2 is 2.08 bits per heavy atom. The lowest BCUT2D eigenvalue weighted by Gasteiger charge is -2.37. The van der Waals surface area contributed by atoms with Crippen LogP contribution in [-0.4, -0.2) is 53.5 Å². The van der Waals surface area contributed by atoms with Crippen LogP contribution in [0.1, 0.15) is 31.2 Å². The smallest absolute Gasteiger partial charge is 0.245 e. The number of furan rings is 1. The van der Waals surface area contributed by atoms with E-state index in [4.69, 9.17) is 9.15 Å². The highest BCUT2D eigenvalue weighted by Gasteiger charge is 2.33. The van der Waals surface area contributed by atoms with E-state index in [2.05, 4.69) is 23.7 Å². The number of nitrogens with zero attached hydrogens (tertiary/aromatic N) is 3. The highest BCUT2D eigenvalue weighted by Crippen LogP contribution is 2.25. The van der Waals surface area contributed by atoms with E-state index in [-0.39, 0.29) is 11.9 Å². The normalized spacial score (nSPS) is 16.6. The van der Waals surface area contributed by atoms with E-state index in [0.29, 0.717) is 32.2 Å². The standard InChI is InChI=1S/C20H27N3O3/c1-16(2)14-23(15-18-6-4-10-26-18)20(24)19(17-5-3-7-21-13-17)22-8-11-25-12-9-22/h3-7,10,13,16,19H,8-9,11-12,14-15H2,1-2H3/t19-/m0/s1. The lowest BCUT2D eigenvalue weighted by Crippen LogP contribution is -2.47. The minimum atomic E-state index is -0.346. The molecule has 3 heterocycles. The molecule has 0 saturated carbocycles. The zero-order chi connectivity index (χ0) is 18.4. The number of carbonyl (C=O) groups excluding carboxylic acids is 1. The van der Waals surface area contributed by atoms with E-state index >= 15 is 0 Å². The molecule has 140 valence electrons. The summed E-state index contributed by atoms with van der Waals surface area (Å²) in [7, 11) is 0. The minimum absolute atomic E-state index is 0.0880. The van der Waals surface area contributed by atoms with E-state index < -0.39 is 0 Å². The number of morpholine rings is 1. The number of pyridine rings is 1. The van der Waals surface area contributed by atoms with Gasteiger partial charge in [0.2, 0.25) is 5.91 Å². The molecule has 1 fully saturated rings. The Balaban J connectivity index is 1.87. The van der Waals surface area contributed by atoms with Gasteiger partial charge in [0.25, 0.3) is 0 Å². The Bertz CT molecular complexity index is 667. The van der Waals surface area contributed by atoms with Crippen LogP contribution in [0.2, 0.25) is 0 Å². The molecule has 0 unspecified atom stereocenters. The second kappa shape index (κ2) is 8.96. The van der Waals surface area contributed by atoms with Crippen LogP contribution < -0.4 is 0 Å². The summed E-state index contributed by atoms with van der Waals surface area (Å²) in [5, 5.41) is 0. The third kappa shape index (κ3) is 4.71. The number of rotatable bonds is 7. The molecule has 0 radical (unpaired) electrons.